The largest absolute Gasteiger partial charge is 0.496 e. The lowest BCUT2D eigenvalue weighted by Gasteiger charge is -2.45. The molecule has 4 rings (SSSR count). The number of fused-ring (bicyclic) bond motifs is 3. The number of para-hydroxylation sites is 1. The zero-order valence-corrected chi connectivity index (χ0v) is 11.1. The third kappa shape index (κ3) is 2.38. The first-order chi connectivity index (χ1) is 8.86. The molecular weight excluding hydrogens is 224 g/mol. The molecule has 1 N–H and O–H groups in total. The highest BCUT2D eigenvalue weighted by Gasteiger charge is 2.32. The summed E-state index contributed by atoms with van der Waals surface area (Å²) >= 11 is 0. The number of benzene rings is 1. The van der Waals surface area contributed by atoms with Crippen molar-refractivity contribution in [2.75, 3.05) is 20.2 Å². The molecule has 1 aromatic rings. The molecule has 0 radical (unpaired) electrons. The van der Waals surface area contributed by atoms with E-state index in [1.807, 2.05) is 12.1 Å². The Morgan fingerprint density at radius 2 is 2.06 bits per heavy atom. The fourth-order valence-electron chi connectivity index (χ4n) is 3.25. The van der Waals surface area contributed by atoms with Gasteiger partial charge in [-0.2, -0.15) is 0 Å². The molecule has 0 unspecified atom stereocenters. The molecule has 1 atom stereocenters. The first kappa shape index (κ1) is 12.0. The van der Waals surface area contributed by atoms with Crippen molar-refractivity contribution in [3.05, 3.63) is 29.8 Å². The number of methoxy groups -OCH3 is 1. The first-order valence-corrected chi connectivity index (χ1v) is 6.96. The second-order valence-electron chi connectivity index (χ2n) is 5.42. The Kier molecular flexibility index (Phi) is 3.52. The molecule has 1 aromatic carbocycles. The van der Waals surface area contributed by atoms with Crippen molar-refractivity contribution in [2.45, 2.75) is 32.0 Å². The van der Waals surface area contributed by atoms with Crippen molar-refractivity contribution in [1.82, 2.24) is 10.2 Å². The van der Waals surface area contributed by atoms with E-state index in [0.717, 1.165) is 18.2 Å². The quantitative estimate of drug-likeness (QED) is 0.881. The Morgan fingerprint density at radius 1 is 1.28 bits per heavy atom. The van der Waals surface area contributed by atoms with E-state index in [0.29, 0.717) is 6.17 Å². The van der Waals surface area contributed by atoms with E-state index in [1.165, 1.54) is 37.9 Å². The maximum atomic E-state index is 5.39. The molecule has 3 heterocycles. The minimum Gasteiger partial charge on any atom is -0.496 e. The minimum atomic E-state index is 0.572. The van der Waals surface area contributed by atoms with Gasteiger partial charge in [-0.1, -0.05) is 18.2 Å². The summed E-state index contributed by atoms with van der Waals surface area (Å²) in [4.78, 5) is 2.59. The van der Waals surface area contributed by atoms with Gasteiger partial charge in [-0.15, -0.1) is 0 Å². The Hall–Kier alpha value is -1.06. The van der Waals surface area contributed by atoms with E-state index in [2.05, 4.69) is 22.3 Å². The lowest BCUT2D eigenvalue weighted by atomic mass is 9.86. The first-order valence-electron chi connectivity index (χ1n) is 6.96. The van der Waals surface area contributed by atoms with Crippen molar-refractivity contribution in [2.24, 2.45) is 5.92 Å². The third-order valence-electron chi connectivity index (χ3n) is 4.37. The summed E-state index contributed by atoms with van der Waals surface area (Å²) in [5, 5.41) is 3.69. The lowest BCUT2D eigenvalue weighted by molar-refractivity contribution is 0.0302. The van der Waals surface area contributed by atoms with Crippen LogP contribution in [0.3, 0.4) is 0 Å². The second-order valence-corrected chi connectivity index (χ2v) is 5.42. The zero-order chi connectivity index (χ0) is 12.4. The topological polar surface area (TPSA) is 24.5 Å². The standard InChI is InChI=1S/C15H22N2O/c1-18-14-5-3-2-4-13(14)11-16-15-10-12-6-8-17(15)9-7-12/h2-5,12,15-16H,6-11H2,1H3/t15-/m1/s1. The van der Waals surface area contributed by atoms with E-state index >= 15 is 0 Å². The van der Waals surface area contributed by atoms with E-state index in [4.69, 9.17) is 4.74 Å². The van der Waals surface area contributed by atoms with Crippen LogP contribution in [0.25, 0.3) is 0 Å². The van der Waals surface area contributed by atoms with Gasteiger partial charge < -0.3 is 4.74 Å². The molecular formula is C15H22N2O. The Bertz CT molecular complexity index is 399. The fraction of sp³-hybridized carbons (Fsp3) is 0.600. The summed E-state index contributed by atoms with van der Waals surface area (Å²) in [5.41, 5.74) is 1.25. The van der Waals surface area contributed by atoms with Gasteiger partial charge in [0.15, 0.2) is 0 Å². The Morgan fingerprint density at radius 3 is 2.72 bits per heavy atom. The van der Waals surface area contributed by atoms with Crippen molar-refractivity contribution in [1.29, 1.82) is 0 Å². The molecule has 0 aromatic heterocycles. The number of ether oxygens (including phenoxy) is 1. The molecule has 3 aliphatic rings. The van der Waals surface area contributed by atoms with Gasteiger partial charge in [0, 0.05) is 12.1 Å². The predicted octanol–water partition coefficient (Wildman–Crippen LogP) is 2.23. The van der Waals surface area contributed by atoms with Gasteiger partial charge in [0.05, 0.1) is 13.3 Å². The number of hydrogen-bond donors (Lipinski definition) is 1. The molecule has 0 amide bonds. The van der Waals surface area contributed by atoms with Crippen LogP contribution >= 0.6 is 0 Å². The number of piperidine rings is 3. The summed E-state index contributed by atoms with van der Waals surface area (Å²) in [5.74, 6) is 1.94. The molecule has 3 aliphatic heterocycles. The van der Waals surface area contributed by atoms with Crippen LogP contribution in [0.4, 0.5) is 0 Å². The smallest absolute Gasteiger partial charge is 0.123 e. The second kappa shape index (κ2) is 5.29. The summed E-state index contributed by atoms with van der Waals surface area (Å²) < 4.78 is 5.39. The van der Waals surface area contributed by atoms with E-state index in [9.17, 15) is 0 Å². The summed E-state index contributed by atoms with van der Waals surface area (Å²) in [6, 6.07) is 8.27. The maximum absolute atomic E-state index is 5.39. The van der Waals surface area contributed by atoms with Gasteiger partial charge in [-0.05, 0) is 44.3 Å². The molecule has 3 fully saturated rings. The number of nitrogens with zero attached hydrogens (tertiary/aromatic N) is 1. The number of hydrogen-bond acceptors (Lipinski definition) is 3. The zero-order valence-electron chi connectivity index (χ0n) is 11.1. The van der Waals surface area contributed by atoms with Gasteiger partial charge >= 0.3 is 0 Å². The van der Waals surface area contributed by atoms with Crippen molar-refractivity contribution >= 4 is 0 Å². The molecule has 98 valence electrons. The highest BCUT2D eigenvalue weighted by molar-refractivity contribution is 5.33. The summed E-state index contributed by atoms with van der Waals surface area (Å²) in [6.07, 6.45) is 4.68. The van der Waals surface area contributed by atoms with Crippen LogP contribution in [-0.4, -0.2) is 31.3 Å². The van der Waals surface area contributed by atoms with Gasteiger partial charge in [0.1, 0.15) is 5.75 Å². The van der Waals surface area contributed by atoms with Crippen LogP contribution in [-0.2, 0) is 6.54 Å². The Balaban J connectivity index is 1.61. The molecule has 3 heteroatoms. The predicted molar refractivity (Wildman–Crippen MR) is 72.5 cm³/mol. The molecule has 3 nitrogen and oxygen atoms in total. The highest BCUT2D eigenvalue weighted by atomic mass is 16.5. The molecule has 18 heavy (non-hydrogen) atoms. The van der Waals surface area contributed by atoms with E-state index in [1.54, 1.807) is 7.11 Å². The van der Waals surface area contributed by atoms with Crippen LogP contribution in [0.2, 0.25) is 0 Å². The van der Waals surface area contributed by atoms with Crippen molar-refractivity contribution in [3.8, 4) is 5.75 Å². The summed E-state index contributed by atoms with van der Waals surface area (Å²) in [7, 11) is 1.74. The Labute approximate surface area is 109 Å². The van der Waals surface area contributed by atoms with Crippen LogP contribution in [0.15, 0.2) is 24.3 Å². The third-order valence-corrected chi connectivity index (χ3v) is 4.37. The average Bonchev–Trinajstić information content (AvgIpc) is 2.46. The van der Waals surface area contributed by atoms with E-state index in [-0.39, 0.29) is 0 Å². The van der Waals surface area contributed by atoms with Crippen molar-refractivity contribution in [3.63, 3.8) is 0 Å². The van der Waals surface area contributed by atoms with Crippen LogP contribution in [0, 0.1) is 5.92 Å². The van der Waals surface area contributed by atoms with Crippen molar-refractivity contribution < 1.29 is 4.74 Å². The summed E-state index contributed by atoms with van der Waals surface area (Å²) in [6.45, 7) is 3.44. The van der Waals surface area contributed by atoms with Gasteiger partial charge in [-0.25, -0.2) is 0 Å². The van der Waals surface area contributed by atoms with Crippen LogP contribution in [0.1, 0.15) is 24.8 Å². The van der Waals surface area contributed by atoms with E-state index < -0.39 is 0 Å². The maximum Gasteiger partial charge on any atom is 0.123 e. The molecule has 3 saturated heterocycles. The number of rotatable bonds is 4. The van der Waals surface area contributed by atoms with Crippen LogP contribution in [0.5, 0.6) is 5.75 Å². The normalized spacial score (nSPS) is 30.4. The lowest BCUT2D eigenvalue weighted by Crippen LogP contribution is -2.54. The van der Waals surface area contributed by atoms with Gasteiger partial charge in [-0.3, -0.25) is 10.2 Å². The monoisotopic (exact) mass is 246 g/mol. The molecule has 0 spiro atoms. The number of nitrogens with one attached hydrogen (secondary N) is 1. The minimum absolute atomic E-state index is 0.572. The van der Waals surface area contributed by atoms with Gasteiger partial charge in [0.2, 0.25) is 0 Å². The molecule has 0 aliphatic carbocycles. The molecule has 2 bridgehead atoms. The van der Waals surface area contributed by atoms with Gasteiger partial charge in [0.25, 0.3) is 0 Å². The SMILES string of the molecule is COc1ccccc1CN[C@H]1CC2CCN1CC2. The molecule has 0 saturated carbocycles. The van der Waals surface area contributed by atoms with Crippen LogP contribution < -0.4 is 10.1 Å². The highest BCUT2D eigenvalue weighted by Crippen LogP contribution is 2.30. The fourth-order valence-corrected chi connectivity index (χ4v) is 3.25. The average molecular weight is 246 g/mol.